The molecular formula is C14H25N3S. The van der Waals surface area contributed by atoms with E-state index in [1.165, 1.54) is 30.0 Å². The largest absolute Gasteiger partial charge is 0.297 e. The van der Waals surface area contributed by atoms with Gasteiger partial charge >= 0.3 is 0 Å². The molecule has 2 rings (SSSR count). The van der Waals surface area contributed by atoms with Crippen molar-refractivity contribution < 1.29 is 0 Å². The minimum absolute atomic E-state index is 0.746. The quantitative estimate of drug-likeness (QED) is 0.840. The molecular weight excluding hydrogens is 242 g/mol. The smallest absolute Gasteiger partial charge is 0.0641 e. The van der Waals surface area contributed by atoms with E-state index in [-0.39, 0.29) is 0 Å². The number of aromatic nitrogens is 2. The Kier molecular flexibility index (Phi) is 4.38. The Bertz CT molecular complexity index is 403. The van der Waals surface area contributed by atoms with Crippen LogP contribution in [0.15, 0.2) is 0 Å². The number of aryl methyl sites for hydroxylation is 2. The zero-order valence-corrected chi connectivity index (χ0v) is 13.0. The van der Waals surface area contributed by atoms with Gasteiger partial charge in [0.1, 0.15) is 0 Å². The van der Waals surface area contributed by atoms with Gasteiger partial charge in [-0.3, -0.25) is 9.58 Å². The average Bonchev–Trinajstić information content (AvgIpc) is 2.55. The van der Waals surface area contributed by atoms with E-state index in [1.54, 1.807) is 0 Å². The summed E-state index contributed by atoms with van der Waals surface area (Å²) in [6.07, 6.45) is 0. The summed E-state index contributed by atoms with van der Waals surface area (Å²) < 4.78 is 2.12. The van der Waals surface area contributed by atoms with Crippen LogP contribution in [0.2, 0.25) is 0 Å². The first-order valence-electron chi connectivity index (χ1n) is 6.92. The van der Waals surface area contributed by atoms with Crippen LogP contribution >= 0.6 is 11.8 Å². The lowest BCUT2D eigenvalue weighted by molar-refractivity contribution is 0.262. The maximum absolute atomic E-state index is 4.62. The molecule has 2 heterocycles. The maximum Gasteiger partial charge on any atom is 0.0641 e. The minimum atomic E-state index is 0.746. The van der Waals surface area contributed by atoms with Gasteiger partial charge in [0.2, 0.25) is 0 Å². The third kappa shape index (κ3) is 2.91. The van der Waals surface area contributed by atoms with E-state index in [1.807, 2.05) is 0 Å². The Morgan fingerprint density at radius 1 is 1.22 bits per heavy atom. The maximum atomic E-state index is 4.62. The normalized spacial score (nSPS) is 25.6. The van der Waals surface area contributed by atoms with E-state index >= 15 is 0 Å². The zero-order valence-electron chi connectivity index (χ0n) is 12.2. The van der Waals surface area contributed by atoms with E-state index < -0.39 is 0 Å². The molecule has 4 heteroatoms. The monoisotopic (exact) mass is 267 g/mol. The number of rotatable bonds is 3. The topological polar surface area (TPSA) is 21.1 Å². The lowest BCUT2D eigenvalue weighted by Gasteiger charge is -2.34. The Morgan fingerprint density at radius 3 is 2.33 bits per heavy atom. The van der Waals surface area contributed by atoms with Crippen molar-refractivity contribution in [3.05, 3.63) is 17.0 Å². The highest BCUT2D eigenvalue weighted by atomic mass is 32.2. The molecule has 0 spiro atoms. The lowest BCUT2D eigenvalue weighted by Crippen LogP contribution is -2.39. The van der Waals surface area contributed by atoms with Crippen LogP contribution in [0.1, 0.15) is 37.7 Å². The molecule has 0 amide bonds. The van der Waals surface area contributed by atoms with Crippen molar-refractivity contribution in [3.63, 3.8) is 0 Å². The van der Waals surface area contributed by atoms with Gasteiger partial charge in [0.25, 0.3) is 0 Å². The summed E-state index contributed by atoms with van der Waals surface area (Å²) in [5, 5.41) is 6.11. The van der Waals surface area contributed by atoms with Gasteiger partial charge in [-0.15, -0.1) is 0 Å². The lowest BCUT2D eigenvalue weighted by atomic mass is 10.1. The van der Waals surface area contributed by atoms with Gasteiger partial charge in [0.15, 0.2) is 0 Å². The minimum Gasteiger partial charge on any atom is -0.297 e. The van der Waals surface area contributed by atoms with E-state index in [9.17, 15) is 0 Å². The number of hydrogen-bond donors (Lipinski definition) is 0. The van der Waals surface area contributed by atoms with Crippen molar-refractivity contribution >= 4 is 11.8 Å². The van der Waals surface area contributed by atoms with Crippen molar-refractivity contribution in [1.29, 1.82) is 0 Å². The molecule has 2 atom stereocenters. The third-order valence-corrected chi connectivity index (χ3v) is 4.94. The van der Waals surface area contributed by atoms with Gasteiger partial charge in [0, 0.05) is 47.9 Å². The van der Waals surface area contributed by atoms with Crippen LogP contribution in [0, 0.1) is 13.8 Å². The highest BCUT2D eigenvalue weighted by molar-refractivity contribution is 8.00. The van der Waals surface area contributed by atoms with Gasteiger partial charge in [-0.05, 0) is 20.8 Å². The molecule has 0 unspecified atom stereocenters. The second-order valence-corrected chi connectivity index (χ2v) is 7.30. The summed E-state index contributed by atoms with van der Waals surface area (Å²) in [7, 11) is 0. The third-order valence-electron chi connectivity index (χ3n) is 3.71. The molecule has 1 aliphatic rings. The van der Waals surface area contributed by atoms with Crippen molar-refractivity contribution in [2.75, 3.05) is 13.1 Å². The summed E-state index contributed by atoms with van der Waals surface area (Å²) in [6, 6.07) is 0. The van der Waals surface area contributed by atoms with E-state index in [4.69, 9.17) is 0 Å². The summed E-state index contributed by atoms with van der Waals surface area (Å²) in [6.45, 7) is 15.6. The molecule has 0 saturated carbocycles. The number of nitrogens with zero attached hydrogens (tertiary/aromatic N) is 3. The second kappa shape index (κ2) is 5.66. The van der Waals surface area contributed by atoms with E-state index in [2.05, 4.69) is 61.1 Å². The predicted octanol–water partition coefficient (Wildman–Crippen LogP) is 2.85. The molecule has 1 saturated heterocycles. The Morgan fingerprint density at radius 2 is 1.83 bits per heavy atom. The first-order valence-corrected chi connectivity index (χ1v) is 7.86. The molecule has 1 aromatic rings. The summed E-state index contributed by atoms with van der Waals surface area (Å²) in [5.41, 5.74) is 3.98. The fraction of sp³-hybridized carbons (Fsp3) is 0.786. The molecule has 102 valence electrons. The van der Waals surface area contributed by atoms with Crippen LogP contribution < -0.4 is 0 Å². The molecule has 0 radical (unpaired) electrons. The highest BCUT2D eigenvalue weighted by Gasteiger charge is 2.24. The van der Waals surface area contributed by atoms with Gasteiger partial charge in [-0.2, -0.15) is 16.9 Å². The summed E-state index contributed by atoms with van der Waals surface area (Å²) in [5.74, 6) is 0. The fourth-order valence-corrected chi connectivity index (χ4v) is 4.29. The highest BCUT2D eigenvalue weighted by Crippen LogP contribution is 2.26. The Hall–Kier alpha value is -0.480. The van der Waals surface area contributed by atoms with Crippen LogP contribution in [-0.2, 0) is 13.1 Å². The van der Waals surface area contributed by atoms with Crippen molar-refractivity contribution in [1.82, 2.24) is 14.7 Å². The van der Waals surface area contributed by atoms with Crippen LogP contribution in [0.3, 0.4) is 0 Å². The summed E-state index contributed by atoms with van der Waals surface area (Å²) >= 11 is 2.11. The molecule has 0 aliphatic carbocycles. The van der Waals surface area contributed by atoms with Crippen LogP contribution in [0.5, 0.6) is 0 Å². The molecule has 0 bridgehead atoms. The molecule has 1 aliphatic heterocycles. The first kappa shape index (κ1) is 13.9. The molecule has 1 aromatic heterocycles. The standard InChI is InChI=1S/C14H25N3S/c1-6-17-13(5)14(12(4)15-17)9-16-7-10(2)18-11(3)8-16/h10-11H,6-9H2,1-5H3/t10-,11+. The van der Waals surface area contributed by atoms with Crippen molar-refractivity contribution in [2.24, 2.45) is 0 Å². The van der Waals surface area contributed by atoms with Crippen molar-refractivity contribution in [2.45, 2.75) is 58.2 Å². The molecule has 18 heavy (non-hydrogen) atoms. The molecule has 0 aromatic carbocycles. The molecule has 3 nitrogen and oxygen atoms in total. The van der Waals surface area contributed by atoms with Gasteiger partial charge in [0.05, 0.1) is 5.69 Å². The van der Waals surface area contributed by atoms with Crippen LogP contribution in [0.4, 0.5) is 0 Å². The van der Waals surface area contributed by atoms with Crippen LogP contribution in [-0.4, -0.2) is 38.3 Å². The fourth-order valence-electron chi connectivity index (χ4n) is 2.91. The molecule has 1 fully saturated rings. The Balaban J connectivity index is 2.11. The predicted molar refractivity (Wildman–Crippen MR) is 79.2 cm³/mol. The van der Waals surface area contributed by atoms with Gasteiger partial charge in [-0.1, -0.05) is 13.8 Å². The zero-order chi connectivity index (χ0) is 13.3. The Labute approximate surface area is 115 Å². The van der Waals surface area contributed by atoms with Gasteiger partial charge in [-0.25, -0.2) is 0 Å². The van der Waals surface area contributed by atoms with Crippen molar-refractivity contribution in [3.8, 4) is 0 Å². The van der Waals surface area contributed by atoms with Crippen LogP contribution in [0.25, 0.3) is 0 Å². The number of thioether (sulfide) groups is 1. The average molecular weight is 267 g/mol. The number of hydrogen-bond acceptors (Lipinski definition) is 3. The van der Waals surface area contributed by atoms with E-state index in [0.717, 1.165) is 23.6 Å². The molecule has 0 N–H and O–H groups in total. The second-order valence-electron chi connectivity index (χ2n) is 5.42. The summed E-state index contributed by atoms with van der Waals surface area (Å²) in [4.78, 5) is 2.59. The van der Waals surface area contributed by atoms with Gasteiger partial charge < -0.3 is 0 Å². The van der Waals surface area contributed by atoms with E-state index in [0.29, 0.717) is 0 Å². The SMILES string of the molecule is CCn1nc(C)c(CN2C[C@@H](C)S[C@@H](C)C2)c1C. The first-order chi connectivity index (χ1) is 8.51.